The topological polar surface area (TPSA) is 87.5 Å². The number of aliphatic hydroxyl groups is 2. The van der Waals surface area contributed by atoms with Gasteiger partial charge in [-0.3, -0.25) is 0 Å². The number of aliphatic hydroxyl groups excluding tert-OH is 2. The highest BCUT2D eigenvalue weighted by Crippen LogP contribution is 2.29. The first-order valence-electron chi connectivity index (χ1n) is 8.99. The number of hydrogen-bond donors (Lipinski definition) is 3. The molecule has 0 fully saturated rings. The van der Waals surface area contributed by atoms with Gasteiger partial charge in [0.15, 0.2) is 5.82 Å². The van der Waals surface area contributed by atoms with Crippen molar-refractivity contribution in [3.05, 3.63) is 69.8 Å². The van der Waals surface area contributed by atoms with Gasteiger partial charge in [0.05, 0.1) is 19.8 Å². The Hall–Kier alpha value is -2.22. The number of benzene rings is 2. The van der Waals surface area contributed by atoms with Gasteiger partial charge in [-0.2, -0.15) is 0 Å². The molecule has 1 unspecified atom stereocenters. The van der Waals surface area contributed by atoms with Gasteiger partial charge in [-0.05, 0) is 25.1 Å². The van der Waals surface area contributed by atoms with Crippen molar-refractivity contribution in [2.75, 3.05) is 18.5 Å². The molecule has 29 heavy (non-hydrogen) atoms. The Labute approximate surface area is 179 Å². The third-order valence-corrected chi connectivity index (χ3v) is 4.57. The SMILES string of the molecule is Cc1nc(-c2ccccc2)nc(Nc2cc(Cl)cc(Cl)c2)c1COCC(O)CO. The lowest BCUT2D eigenvalue weighted by atomic mass is 10.1. The van der Waals surface area contributed by atoms with Gasteiger partial charge in [0, 0.05) is 32.6 Å². The summed E-state index contributed by atoms with van der Waals surface area (Å²) in [4.78, 5) is 9.28. The number of halogens is 2. The van der Waals surface area contributed by atoms with E-state index in [4.69, 9.17) is 33.0 Å². The average molecular weight is 434 g/mol. The maximum Gasteiger partial charge on any atom is 0.161 e. The normalized spacial score (nSPS) is 12.0. The fraction of sp³-hybridized carbons (Fsp3) is 0.238. The zero-order valence-electron chi connectivity index (χ0n) is 15.8. The summed E-state index contributed by atoms with van der Waals surface area (Å²) in [5, 5.41) is 22.7. The first-order chi connectivity index (χ1) is 14.0. The Morgan fingerprint density at radius 3 is 2.41 bits per heavy atom. The molecule has 0 aliphatic rings. The molecule has 3 aromatic rings. The van der Waals surface area contributed by atoms with Gasteiger partial charge in [-0.15, -0.1) is 0 Å². The van der Waals surface area contributed by atoms with E-state index in [-0.39, 0.29) is 19.8 Å². The van der Waals surface area contributed by atoms with Crippen molar-refractivity contribution in [2.45, 2.75) is 19.6 Å². The molecule has 0 aliphatic carbocycles. The Morgan fingerprint density at radius 1 is 1.07 bits per heavy atom. The minimum absolute atomic E-state index is 0.00118. The lowest BCUT2D eigenvalue weighted by Crippen LogP contribution is -2.19. The lowest BCUT2D eigenvalue weighted by Gasteiger charge is -2.16. The zero-order valence-corrected chi connectivity index (χ0v) is 17.3. The van der Waals surface area contributed by atoms with Crippen molar-refractivity contribution in [3.63, 3.8) is 0 Å². The minimum atomic E-state index is -0.942. The molecule has 1 heterocycles. The van der Waals surface area contributed by atoms with Crippen LogP contribution in [0.2, 0.25) is 10.0 Å². The second kappa shape index (κ2) is 10.0. The van der Waals surface area contributed by atoms with Crippen LogP contribution in [0.3, 0.4) is 0 Å². The van der Waals surface area contributed by atoms with Crippen molar-refractivity contribution < 1.29 is 14.9 Å². The standard InChI is InChI=1S/C21H21Cl2N3O3/c1-13-19(12-29-11-18(28)10-27)21(25-17-8-15(22)7-16(23)9-17)26-20(24-13)14-5-3-2-4-6-14/h2-9,18,27-28H,10-12H2,1H3,(H,24,25,26). The van der Waals surface area contributed by atoms with Gasteiger partial charge < -0.3 is 20.3 Å². The van der Waals surface area contributed by atoms with E-state index < -0.39 is 6.10 Å². The number of hydrogen-bond acceptors (Lipinski definition) is 6. The van der Waals surface area contributed by atoms with Crippen LogP contribution < -0.4 is 5.32 Å². The first kappa shape index (κ1) is 21.5. The van der Waals surface area contributed by atoms with E-state index in [1.54, 1.807) is 18.2 Å². The molecule has 152 valence electrons. The third-order valence-electron chi connectivity index (χ3n) is 4.14. The highest BCUT2D eigenvalue weighted by molar-refractivity contribution is 6.35. The molecule has 6 nitrogen and oxygen atoms in total. The fourth-order valence-electron chi connectivity index (χ4n) is 2.70. The summed E-state index contributed by atoms with van der Waals surface area (Å²) in [6.45, 7) is 1.66. The molecule has 0 saturated carbocycles. The van der Waals surface area contributed by atoms with Gasteiger partial charge >= 0.3 is 0 Å². The number of anilines is 2. The summed E-state index contributed by atoms with van der Waals surface area (Å²) in [6.07, 6.45) is -0.942. The molecule has 1 aromatic heterocycles. The average Bonchev–Trinajstić information content (AvgIpc) is 2.69. The van der Waals surface area contributed by atoms with E-state index >= 15 is 0 Å². The van der Waals surface area contributed by atoms with E-state index in [1.165, 1.54) is 0 Å². The summed E-state index contributed by atoms with van der Waals surface area (Å²) >= 11 is 12.2. The van der Waals surface area contributed by atoms with Crippen LogP contribution in [-0.4, -0.2) is 39.5 Å². The molecule has 0 amide bonds. The van der Waals surface area contributed by atoms with E-state index in [2.05, 4.69) is 15.3 Å². The number of ether oxygens (including phenoxy) is 1. The van der Waals surface area contributed by atoms with Gasteiger partial charge in [-0.25, -0.2) is 9.97 Å². The Morgan fingerprint density at radius 2 is 1.76 bits per heavy atom. The Balaban J connectivity index is 1.97. The largest absolute Gasteiger partial charge is 0.394 e. The molecular weight excluding hydrogens is 413 g/mol. The monoisotopic (exact) mass is 433 g/mol. The molecule has 3 N–H and O–H groups in total. The number of aromatic nitrogens is 2. The fourth-order valence-corrected chi connectivity index (χ4v) is 3.23. The molecule has 0 bridgehead atoms. The van der Waals surface area contributed by atoms with Crippen LogP contribution in [0.1, 0.15) is 11.3 Å². The van der Waals surface area contributed by atoms with E-state index in [1.807, 2.05) is 37.3 Å². The van der Waals surface area contributed by atoms with Crippen molar-refractivity contribution >= 4 is 34.7 Å². The van der Waals surface area contributed by atoms with Crippen molar-refractivity contribution in [2.24, 2.45) is 0 Å². The summed E-state index contributed by atoms with van der Waals surface area (Å²) in [6, 6.07) is 14.8. The van der Waals surface area contributed by atoms with Crippen molar-refractivity contribution in [3.8, 4) is 11.4 Å². The molecule has 0 radical (unpaired) electrons. The van der Waals surface area contributed by atoms with Crippen LogP contribution in [0.4, 0.5) is 11.5 Å². The highest BCUT2D eigenvalue weighted by atomic mass is 35.5. The van der Waals surface area contributed by atoms with Crippen LogP contribution in [0, 0.1) is 6.92 Å². The molecule has 1 atom stereocenters. The third kappa shape index (κ3) is 5.88. The Kier molecular flexibility index (Phi) is 7.41. The molecule has 0 saturated heterocycles. The van der Waals surface area contributed by atoms with Crippen LogP contribution in [0.15, 0.2) is 48.5 Å². The molecule has 8 heteroatoms. The van der Waals surface area contributed by atoms with Crippen LogP contribution in [0.25, 0.3) is 11.4 Å². The summed E-state index contributed by atoms with van der Waals surface area (Å²) < 4.78 is 5.54. The predicted molar refractivity (Wildman–Crippen MR) is 115 cm³/mol. The Bertz CT molecular complexity index is 951. The smallest absolute Gasteiger partial charge is 0.161 e. The van der Waals surface area contributed by atoms with Crippen molar-refractivity contribution in [1.29, 1.82) is 0 Å². The summed E-state index contributed by atoms with van der Waals surface area (Å²) in [7, 11) is 0. The van der Waals surface area contributed by atoms with Gasteiger partial charge in [0.1, 0.15) is 11.9 Å². The lowest BCUT2D eigenvalue weighted by molar-refractivity contribution is -0.0000813. The quantitative estimate of drug-likeness (QED) is 0.488. The second-order valence-corrected chi connectivity index (χ2v) is 7.33. The van der Waals surface area contributed by atoms with Crippen LogP contribution in [0.5, 0.6) is 0 Å². The van der Waals surface area contributed by atoms with E-state index in [0.29, 0.717) is 27.4 Å². The molecular formula is C21H21Cl2N3O3. The molecule has 0 aliphatic heterocycles. The van der Waals surface area contributed by atoms with Gasteiger partial charge in [-0.1, -0.05) is 53.5 Å². The number of nitrogens with one attached hydrogen (secondary N) is 1. The molecule has 0 spiro atoms. The number of aryl methyl sites for hydroxylation is 1. The van der Waals surface area contributed by atoms with Gasteiger partial charge in [0.25, 0.3) is 0 Å². The van der Waals surface area contributed by atoms with Crippen LogP contribution in [-0.2, 0) is 11.3 Å². The first-order valence-corrected chi connectivity index (χ1v) is 9.74. The summed E-state index contributed by atoms with van der Waals surface area (Å²) in [5.74, 6) is 1.12. The van der Waals surface area contributed by atoms with E-state index in [9.17, 15) is 5.11 Å². The van der Waals surface area contributed by atoms with Crippen LogP contribution >= 0.6 is 23.2 Å². The second-order valence-electron chi connectivity index (χ2n) is 6.46. The molecule has 2 aromatic carbocycles. The highest BCUT2D eigenvalue weighted by Gasteiger charge is 2.15. The summed E-state index contributed by atoms with van der Waals surface area (Å²) in [5.41, 5.74) is 3.01. The maximum atomic E-state index is 9.51. The van der Waals surface area contributed by atoms with E-state index in [0.717, 1.165) is 16.8 Å². The minimum Gasteiger partial charge on any atom is -0.394 e. The van der Waals surface area contributed by atoms with Gasteiger partial charge in [0.2, 0.25) is 0 Å². The predicted octanol–water partition coefficient (Wildman–Crippen LogP) is 4.37. The maximum absolute atomic E-state index is 9.51. The zero-order chi connectivity index (χ0) is 20.8. The van der Waals surface area contributed by atoms with Crippen molar-refractivity contribution in [1.82, 2.24) is 9.97 Å². The number of rotatable bonds is 8. The molecule has 3 rings (SSSR count). The number of nitrogens with zero attached hydrogens (tertiary/aromatic N) is 2.